The fraction of sp³-hybridized carbons (Fsp3) is 0.500. The Balaban J connectivity index is 1.36. The molecule has 1 N–H and O–H groups in total. The lowest BCUT2D eigenvalue weighted by molar-refractivity contribution is -0.116. The summed E-state index contributed by atoms with van der Waals surface area (Å²) in [5, 5.41) is 2.32. The number of aliphatic imine (C=N–C) groups is 1. The Hall–Kier alpha value is -1.95. The number of rotatable bonds is 15. The Morgan fingerprint density at radius 1 is 0.889 bits per heavy atom. The van der Waals surface area contributed by atoms with Crippen LogP contribution in [0.4, 0.5) is 5.69 Å². The van der Waals surface area contributed by atoms with Crippen LogP contribution >= 0.6 is 34.8 Å². The van der Waals surface area contributed by atoms with Crippen LogP contribution in [-0.2, 0) is 11.3 Å². The lowest BCUT2D eigenvalue weighted by Crippen LogP contribution is -2.36. The first-order valence-electron chi connectivity index (χ1n) is 13.0. The Bertz CT molecular complexity index is 989. The van der Waals surface area contributed by atoms with Crippen molar-refractivity contribution in [2.45, 2.75) is 84.1 Å². The number of carbonyl (C=O) groups excluding carboxylic acids is 1. The lowest BCUT2D eigenvalue weighted by atomic mass is 10.1. The minimum absolute atomic E-state index is 0.148. The van der Waals surface area contributed by atoms with Crippen molar-refractivity contribution >= 4 is 52.2 Å². The zero-order valence-electron chi connectivity index (χ0n) is 21.0. The minimum atomic E-state index is -0.185. The molecule has 1 fully saturated rings. The topological polar surface area (TPSA) is 53.9 Å². The van der Waals surface area contributed by atoms with E-state index in [0.717, 1.165) is 24.3 Å². The Morgan fingerprint density at radius 3 is 2.08 bits per heavy atom. The first kappa shape index (κ1) is 28.6. The van der Waals surface area contributed by atoms with Gasteiger partial charge in [0.05, 0.1) is 29.6 Å². The van der Waals surface area contributed by atoms with Gasteiger partial charge in [-0.2, -0.15) is 0 Å². The van der Waals surface area contributed by atoms with Crippen molar-refractivity contribution < 1.29 is 9.53 Å². The van der Waals surface area contributed by atoms with Crippen LogP contribution in [0.15, 0.2) is 41.4 Å². The molecule has 36 heavy (non-hydrogen) atoms. The van der Waals surface area contributed by atoms with E-state index >= 15 is 0 Å². The number of halogens is 3. The van der Waals surface area contributed by atoms with Gasteiger partial charge in [0, 0.05) is 5.02 Å². The van der Waals surface area contributed by atoms with Crippen molar-refractivity contribution in [3.63, 3.8) is 0 Å². The van der Waals surface area contributed by atoms with Crippen LogP contribution in [0.25, 0.3) is 0 Å². The summed E-state index contributed by atoms with van der Waals surface area (Å²) in [6.45, 7) is 3.45. The van der Waals surface area contributed by atoms with Crippen LogP contribution in [0.2, 0.25) is 15.1 Å². The molecule has 2 aromatic rings. The van der Waals surface area contributed by atoms with Gasteiger partial charge < -0.3 is 4.74 Å². The van der Waals surface area contributed by atoms with Gasteiger partial charge in [0.1, 0.15) is 17.3 Å². The molecule has 1 aliphatic heterocycles. The Morgan fingerprint density at radius 2 is 1.47 bits per heavy atom. The standard InChI is InChI=1S/C28H36Cl3N3O2/c1-2-3-4-5-6-7-8-9-10-11-16-36-23-14-12-21(13-15-23)20-32-26-19-27(35)34(33-26)28-24(30)17-22(29)18-25(28)31/h12-15,17-18H,2-11,16,19-20H2,1H3,(H,32,33). The van der Waals surface area contributed by atoms with Gasteiger partial charge in [-0.05, 0) is 36.2 Å². The second-order valence-corrected chi connectivity index (χ2v) is 10.4. The fourth-order valence-corrected chi connectivity index (χ4v) is 5.12. The molecule has 0 radical (unpaired) electrons. The lowest BCUT2D eigenvalue weighted by Gasteiger charge is -2.19. The summed E-state index contributed by atoms with van der Waals surface area (Å²) in [6, 6.07) is 11.0. The van der Waals surface area contributed by atoms with E-state index in [1.165, 1.54) is 62.8 Å². The average molecular weight is 553 g/mol. The van der Waals surface area contributed by atoms with E-state index in [9.17, 15) is 4.79 Å². The highest BCUT2D eigenvalue weighted by Crippen LogP contribution is 2.37. The largest absolute Gasteiger partial charge is 0.494 e. The number of amidine groups is 1. The second-order valence-electron chi connectivity index (χ2n) is 9.17. The summed E-state index contributed by atoms with van der Waals surface area (Å²) >= 11 is 18.5. The third kappa shape index (κ3) is 9.17. The molecule has 8 heteroatoms. The molecule has 0 spiro atoms. The predicted octanol–water partition coefficient (Wildman–Crippen LogP) is 8.79. The highest BCUT2D eigenvalue weighted by Gasteiger charge is 2.30. The zero-order valence-corrected chi connectivity index (χ0v) is 23.3. The number of hydrogen-bond acceptors (Lipinski definition) is 3. The molecule has 0 aromatic heterocycles. The van der Waals surface area contributed by atoms with Crippen LogP contribution in [0.5, 0.6) is 5.75 Å². The van der Waals surface area contributed by atoms with Gasteiger partial charge >= 0.3 is 0 Å². The van der Waals surface area contributed by atoms with E-state index in [0.29, 0.717) is 33.1 Å². The molecule has 0 aliphatic carbocycles. The molecule has 0 saturated carbocycles. The maximum atomic E-state index is 12.5. The van der Waals surface area contributed by atoms with E-state index in [1.807, 2.05) is 24.3 Å². The molecule has 3 rings (SSSR count). The summed E-state index contributed by atoms with van der Waals surface area (Å²) in [7, 11) is 0. The van der Waals surface area contributed by atoms with E-state index < -0.39 is 0 Å². The number of hydrogen-bond donors (Lipinski definition) is 1. The van der Waals surface area contributed by atoms with E-state index in [1.54, 1.807) is 12.1 Å². The normalized spacial score (nSPS) is 14.5. The summed E-state index contributed by atoms with van der Waals surface area (Å²) in [4.78, 5) is 17.0. The number of unbranched alkanes of at least 4 members (excludes halogenated alkanes) is 9. The molecular weight excluding hydrogens is 517 g/mol. The molecule has 5 nitrogen and oxygen atoms in total. The van der Waals surface area contributed by atoms with Crippen molar-refractivity contribution in [3.05, 3.63) is 57.0 Å². The Labute approximate surface area is 230 Å². The third-order valence-corrected chi connectivity index (χ3v) is 6.95. The third-order valence-electron chi connectivity index (χ3n) is 6.16. The number of carbonyl (C=O) groups is 1. The van der Waals surface area contributed by atoms with Crippen molar-refractivity contribution in [1.82, 2.24) is 5.43 Å². The molecule has 1 aliphatic rings. The highest BCUT2D eigenvalue weighted by molar-refractivity contribution is 6.42. The average Bonchev–Trinajstić information content (AvgIpc) is 3.21. The number of anilines is 1. The molecule has 0 unspecified atom stereocenters. The van der Waals surface area contributed by atoms with Gasteiger partial charge in [-0.25, -0.2) is 5.01 Å². The quantitative estimate of drug-likeness (QED) is 0.225. The van der Waals surface area contributed by atoms with E-state index in [2.05, 4.69) is 17.3 Å². The van der Waals surface area contributed by atoms with Gasteiger partial charge in [-0.1, -0.05) is 112 Å². The predicted molar refractivity (Wildman–Crippen MR) is 152 cm³/mol. The van der Waals surface area contributed by atoms with Crippen LogP contribution in [0, 0.1) is 0 Å². The molecule has 1 amide bonds. The number of amides is 1. The first-order chi connectivity index (χ1) is 17.5. The van der Waals surface area contributed by atoms with E-state index in [-0.39, 0.29) is 12.3 Å². The van der Waals surface area contributed by atoms with E-state index in [4.69, 9.17) is 39.5 Å². The smallest absolute Gasteiger partial charge is 0.253 e. The molecule has 1 heterocycles. The van der Waals surface area contributed by atoms with Gasteiger partial charge in [-0.3, -0.25) is 15.2 Å². The number of hydrazine groups is 1. The molecule has 0 atom stereocenters. The van der Waals surface area contributed by atoms with Crippen molar-refractivity contribution in [2.75, 3.05) is 11.6 Å². The van der Waals surface area contributed by atoms with Gasteiger partial charge in [0.2, 0.25) is 0 Å². The number of nitrogens with one attached hydrogen (secondary N) is 1. The minimum Gasteiger partial charge on any atom is -0.494 e. The number of nitrogens with zero attached hydrogens (tertiary/aromatic N) is 2. The molecule has 1 saturated heterocycles. The van der Waals surface area contributed by atoms with Crippen molar-refractivity contribution in [1.29, 1.82) is 0 Å². The summed E-state index contributed by atoms with van der Waals surface area (Å²) < 4.78 is 5.88. The van der Waals surface area contributed by atoms with Crippen molar-refractivity contribution in [3.8, 4) is 5.75 Å². The molecular formula is C28H36Cl3N3O2. The fourth-order valence-electron chi connectivity index (χ4n) is 4.13. The first-order valence-corrected chi connectivity index (χ1v) is 14.1. The maximum Gasteiger partial charge on any atom is 0.253 e. The number of ether oxygens (including phenoxy) is 1. The zero-order chi connectivity index (χ0) is 25.8. The van der Waals surface area contributed by atoms with Crippen LogP contribution in [0.1, 0.15) is 83.1 Å². The van der Waals surface area contributed by atoms with Crippen LogP contribution in [0.3, 0.4) is 0 Å². The molecule has 2 aromatic carbocycles. The monoisotopic (exact) mass is 551 g/mol. The maximum absolute atomic E-state index is 12.5. The van der Waals surface area contributed by atoms with Crippen LogP contribution < -0.4 is 15.2 Å². The molecule has 196 valence electrons. The number of benzene rings is 2. The summed E-state index contributed by atoms with van der Waals surface area (Å²) in [5.41, 5.74) is 4.41. The second kappa shape index (κ2) is 15.3. The Kier molecular flexibility index (Phi) is 12.2. The van der Waals surface area contributed by atoms with Crippen LogP contribution in [-0.4, -0.2) is 18.3 Å². The summed E-state index contributed by atoms with van der Waals surface area (Å²) in [5.74, 6) is 1.24. The van der Waals surface area contributed by atoms with Gasteiger partial charge in [0.15, 0.2) is 0 Å². The summed E-state index contributed by atoms with van der Waals surface area (Å²) in [6.07, 6.45) is 13.3. The van der Waals surface area contributed by atoms with Crippen molar-refractivity contribution in [2.24, 2.45) is 4.99 Å². The highest BCUT2D eigenvalue weighted by atomic mass is 35.5. The van der Waals surface area contributed by atoms with Gasteiger partial charge in [-0.15, -0.1) is 0 Å². The molecule has 0 bridgehead atoms. The van der Waals surface area contributed by atoms with Gasteiger partial charge in [0.25, 0.3) is 5.91 Å². The SMILES string of the molecule is CCCCCCCCCCCCOc1ccc(CN=C2CC(=O)N(c3c(Cl)cc(Cl)cc3Cl)N2)cc1.